The Morgan fingerprint density at radius 2 is 1.42 bits per heavy atom. The number of nitrogens with one attached hydrogen (secondary N) is 1. The highest BCUT2D eigenvalue weighted by Crippen LogP contribution is 2.41. The maximum absolute atomic E-state index is 12.5. The van der Waals surface area contributed by atoms with Gasteiger partial charge in [-0.1, -0.05) is 5.92 Å². The molecule has 0 saturated heterocycles. The maximum atomic E-state index is 12.5. The molecule has 1 unspecified atom stereocenters. The summed E-state index contributed by atoms with van der Waals surface area (Å²) in [5.74, 6) is 6.13. The zero-order valence-corrected chi connectivity index (χ0v) is 10.7. The second kappa shape index (κ2) is 6.01. The number of hydrogen-bond acceptors (Lipinski definition) is 2. The first-order chi connectivity index (χ1) is 8.29. The monoisotopic (exact) mass is 290 g/mol. The first-order valence-electron chi connectivity index (χ1n) is 5.38. The molecule has 0 radical (unpaired) electrons. The van der Waals surface area contributed by atoms with Crippen LogP contribution in [0.3, 0.4) is 0 Å². The van der Waals surface area contributed by atoms with Gasteiger partial charge in [0.25, 0.3) is 0 Å². The molecule has 0 saturated carbocycles. The summed E-state index contributed by atoms with van der Waals surface area (Å²) in [6.45, 7) is 5.07. The molecule has 1 atom stereocenters. The zero-order valence-electron chi connectivity index (χ0n) is 10.7. The molecule has 0 amide bonds. The summed E-state index contributed by atoms with van der Waals surface area (Å²) in [6, 6.07) is -2.03. The standard InChI is InChI=1S/C11H16F6N2/c1-9(2,3)6-4-5-7(19-18)8(10(12,13)14)11(15,16)17/h7-8,19H,5,18H2,1-3H3. The van der Waals surface area contributed by atoms with Crippen LogP contribution in [-0.4, -0.2) is 18.4 Å². The molecule has 0 aliphatic rings. The van der Waals surface area contributed by atoms with Gasteiger partial charge in [-0.25, -0.2) is 0 Å². The lowest BCUT2D eigenvalue weighted by molar-refractivity contribution is -0.291. The molecule has 0 heterocycles. The first-order valence-corrected chi connectivity index (χ1v) is 5.38. The zero-order chi connectivity index (χ0) is 15.5. The molecule has 112 valence electrons. The Balaban J connectivity index is 5.12. The predicted octanol–water partition coefficient (Wildman–Crippen LogP) is 3.00. The molecule has 3 N–H and O–H groups in total. The predicted molar refractivity (Wildman–Crippen MR) is 58.6 cm³/mol. The van der Waals surface area contributed by atoms with Crippen LogP contribution in [0.1, 0.15) is 27.2 Å². The molecule has 8 heteroatoms. The van der Waals surface area contributed by atoms with Gasteiger partial charge in [0.2, 0.25) is 0 Å². The lowest BCUT2D eigenvalue weighted by Crippen LogP contribution is -2.52. The van der Waals surface area contributed by atoms with E-state index in [0.717, 1.165) is 0 Å². The summed E-state index contributed by atoms with van der Waals surface area (Å²) in [6.07, 6.45) is -11.5. The van der Waals surface area contributed by atoms with Crippen LogP contribution in [0.5, 0.6) is 0 Å². The van der Waals surface area contributed by atoms with Crippen molar-refractivity contribution in [1.82, 2.24) is 5.43 Å². The fraction of sp³-hybridized carbons (Fsp3) is 0.818. The fourth-order valence-corrected chi connectivity index (χ4v) is 1.34. The largest absolute Gasteiger partial charge is 0.402 e. The minimum atomic E-state index is -5.43. The third-order valence-electron chi connectivity index (χ3n) is 2.11. The van der Waals surface area contributed by atoms with Crippen molar-refractivity contribution < 1.29 is 26.3 Å². The molecule has 0 spiro atoms. The van der Waals surface area contributed by atoms with Gasteiger partial charge in [-0.3, -0.25) is 11.3 Å². The van der Waals surface area contributed by atoms with Gasteiger partial charge >= 0.3 is 12.4 Å². The number of rotatable bonds is 3. The molecule has 0 aliphatic carbocycles. The SMILES string of the molecule is CC(C)(C)C#CCC(NN)C(C(F)(F)F)C(F)(F)F. The second-order valence-corrected chi connectivity index (χ2v) is 5.09. The molecule has 0 aromatic carbocycles. The van der Waals surface area contributed by atoms with Crippen LogP contribution in [0.15, 0.2) is 0 Å². The first kappa shape index (κ1) is 18.1. The molecule has 0 aliphatic heterocycles. The Morgan fingerprint density at radius 3 is 1.68 bits per heavy atom. The van der Waals surface area contributed by atoms with Gasteiger partial charge in [0.05, 0.1) is 6.04 Å². The highest BCUT2D eigenvalue weighted by atomic mass is 19.4. The minimum absolute atomic E-state index is 0.509. The third kappa shape index (κ3) is 6.68. The number of halogens is 6. The van der Waals surface area contributed by atoms with Gasteiger partial charge in [0.15, 0.2) is 5.92 Å². The van der Waals surface area contributed by atoms with Gasteiger partial charge in [-0.05, 0) is 20.8 Å². The van der Waals surface area contributed by atoms with Crippen molar-refractivity contribution in [3.63, 3.8) is 0 Å². The van der Waals surface area contributed by atoms with Gasteiger partial charge < -0.3 is 0 Å². The Morgan fingerprint density at radius 1 is 1.00 bits per heavy atom. The van der Waals surface area contributed by atoms with Crippen LogP contribution in [0, 0.1) is 23.2 Å². The van der Waals surface area contributed by atoms with Crippen LogP contribution >= 0.6 is 0 Å². The molecule has 0 rings (SSSR count). The van der Waals surface area contributed by atoms with Crippen molar-refractivity contribution in [2.24, 2.45) is 17.2 Å². The summed E-state index contributed by atoms with van der Waals surface area (Å²) in [4.78, 5) is 0. The van der Waals surface area contributed by atoms with E-state index < -0.39 is 36.1 Å². The van der Waals surface area contributed by atoms with Crippen LogP contribution in [0.2, 0.25) is 0 Å². The average molecular weight is 290 g/mol. The topological polar surface area (TPSA) is 38.0 Å². The van der Waals surface area contributed by atoms with Crippen molar-refractivity contribution >= 4 is 0 Å². The highest BCUT2D eigenvalue weighted by Gasteiger charge is 2.59. The molecule has 2 nitrogen and oxygen atoms in total. The molecule has 0 aromatic heterocycles. The Labute approximate surface area is 107 Å². The Kier molecular flexibility index (Phi) is 5.71. The van der Waals surface area contributed by atoms with E-state index >= 15 is 0 Å². The van der Waals surface area contributed by atoms with E-state index in [1.165, 1.54) is 0 Å². The fourth-order valence-electron chi connectivity index (χ4n) is 1.34. The quantitative estimate of drug-likeness (QED) is 0.363. The summed E-state index contributed by atoms with van der Waals surface area (Å²) < 4.78 is 74.7. The van der Waals surface area contributed by atoms with E-state index in [2.05, 4.69) is 11.8 Å². The molecular formula is C11H16F6N2. The highest BCUT2D eigenvalue weighted by molar-refractivity contribution is 5.09. The summed E-state index contributed by atoms with van der Waals surface area (Å²) >= 11 is 0. The van der Waals surface area contributed by atoms with Crippen molar-refractivity contribution in [3.05, 3.63) is 0 Å². The average Bonchev–Trinajstić information content (AvgIpc) is 2.09. The molecule has 0 fully saturated rings. The lowest BCUT2D eigenvalue weighted by Gasteiger charge is -2.29. The van der Waals surface area contributed by atoms with Crippen molar-refractivity contribution in [2.75, 3.05) is 0 Å². The van der Waals surface area contributed by atoms with Crippen molar-refractivity contribution in [1.29, 1.82) is 0 Å². The Bertz CT molecular complexity index is 327. The van der Waals surface area contributed by atoms with E-state index in [0.29, 0.717) is 0 Å². The van der Waals surface area contributed by atoms with Gasteiger partial charge in [-0.2, -0.15) is 26.3 Å². The normalized spacial score (nSPS) is 15.1. The van der Waals surface area contributed by atoms with Crippen molar-refractivity contribution in [3.8, 4) is 11.8 Å². The van der Waals surface area contributed by atoms with Crippen LogP contribution in [0.4, 0.5) is 26.3 Å². The maximum Gasteiger partial charge on any atom is 0.402 e. The van der Waals surface area contributed by atoms with E-state index in [1.807, 2.05) is 0 Å². The van der Waals surface area contributed by atoms with E-state index in [9.17, 15) is 26.3 Å². The van der Waals surface area contributed by atoms with E-state index in [1.54, 1.807) is 26.2 Å². The number of alkyl halides is 6. The van der Waals surface area contributed by atoms with Crippen LogP contribution in [-0.2, 0) is 0 Å². The Hall–Kier alpha value is -0.940. The number of hydrazine groups is 1. The number of nitrogens with two attached hydrogens (primary N) is 1. The van der Waals surface area contributed by atoms with Crippen LogP contribution < -0.4 is 11.3 Å². The third-order valence-corrected chi connectivity index (χ3v) is 2.11. The van der Waals surface area contributed by atoms with Gasteiger partial charge in [0.1, 0.15) is 0 Å². The van der Waals surface area contributed by atoms with E-state index in [-0.39, 0.29) is 0 Å². The summed E-state index contributed by atoms with van der Waals surface area (Å²) in [5.41, 5.74) is 1.05. The molecule has 0 bridgehead atoms. The van der Waals surface area contributed by atoms with E-state index in [4.69, 9.17) is 5.84 Å². The lowest BCUT2D eigenvalue weighted by atomic mass is 9.94. The minimum Gasteiger partial charge on any atom is -0.271 e. The summed E-state index contributed by atoms with van der Waals surface area (Å²) in [7, 11) is 0. The second-order valence-electron chi connectivity index (χ2n) is 5.09. The van der Waals surface area contributed by atoms with Crippen LogP contribution in [0.25, 0.3) is 0 Å². The smallest absolute Gasteiger partial charge is 0.271 e. The molecule has 19 heavy (non-hydrogen) atoms. The summed E-state index contributed by atoms with van der Waals surface area (Å²) in [5, 5.41) is 0. The van der Waals surface area contributed by atoms with Crippen molar-refractivity contribution in [2.45, 2.75) is 45.6 Å². The van der Waals surface area contributed by atoms with Gasteiger partial charge in [0, 0.05) is 11.8 Å². The molecular weight excluding hydrogens is 274 g/mol. The van der Waals surface area contributed by atoms with Gasteiger partial charge in [-0.15, -0.1) is 5.92 Å². The molecule has 0 aromatic rings. The number of hydrogen-bond donors (Lipinski definition) is 2.